The molecule has 1 saturated heterocycles. The number of pyridine rings is 1. The van der Waals surface area contributed by atoms with Crippen molar-refractivity contribution in [3.8, 4) is 17.1 Å². The van der Waals surface area contributed by atoms with Crippen LogP contribution in [0.25, 0.3) is 17.0 Å². The Hall–Kier alpha value is -3.13. The van der Waals surface area contributed by atoms with E-state index < -0.39 is 47.3 Å². The number of aliphatic hydroxyl groups excluding tert-OH is 1. The van der Waals surface area contributed by atoms with Crippen molar-refractivity contribution in [2.75, 3.05) is 25.9 Å². The van der Waals surface area contributed by atoms with Gasteiger partial charge in [0.15, 0.2) is 29.2 Å². The Morgan fingerprint density at radius 1 is 1.21 bits per heavy atom. The van der Waals surface area contributed by atoms with E-state index in [1.165, 1.54) is 0 Å². The highest BCUT2D eigenvalue weighted by Crippen LogP contribution is 2.36. The van der Waals surface area contributed by atoms with E-state index in [1.807, 2.05) is 0 Å². The van der Waals surface area contributed by atoms with E-state index in [2.05, 4.69) is 20.4 Å². The predicted molar refractivity (Wildman–Crippen MR) is 105 cm³/mol. The number of alkyl halides is 4. The fourth-order valence-corrected chi connectivity index (χ4v) is 3.03. The monoisotopic (exact) mass is 478 g/mol. The number of rotatable bonds is 3. The fraction of sp³-hybridized carbons (Fsp3) is 0.421. The molecule has 8 nitrogen and oxygen atoms in total. The van der Waals surface area contributed by atoms with Gasteiger partial charge in [0, 0.05) is 12.1 Å². The summed E-state index contributed by atoms with van der Waals surface area (Å²) in [6, 6.07) is 1.55. The van der Waals surface area contributed by atoms with Gasteiger partial charge < -0.3 is 20.9 Å². The molecule has 4 heterocycles. The zero-order chi connectivity index (χ0) is 24.3. The summed E-state index contributed by atoms with van der Waals surface area (Å²) in [5.41, 5.74) is 3.77. The van der Waals surface area contributed by atoms with Crippen molar-refractivity contribution < 1.29 is 36.2 Å². The van der Waals surface area contributed by atoms with E-state index in [9.17, 15) is 31.4 Å². The Labute approximate surface area is 183 Å². The number of methoxy groups -OCH3 is 1. The molecule has 0 aliphatic carbocycles. The summed E-state index contributed by atoms with van der Waals surface area (Å²) in [6.07, 6.45) is -6.01. The first-order valence-electron chi connectivity index (χ1n) is 9.67. The van der Waals surface area contributed by atoms with Crippen LogP contribution in [0.5, 0.6) is 5.75 Å². The number of aromatic nitrogens is 4. The minimum absolute atomic E-state index is 0.0147. The molecule has 3 aromatic rings. The topological polar surface area (TPSA) is 111 Å². The molecule has 1 aliphatic heterocycles. The Morgan fingerprint density at radius 3 is 2.42 bits per heavy atom. The molecule has 0 aromatic carbocycles. The van der Waals surface area contributed by atoms with Crippen LogP contribution < -0.4 is 15.8 Å². The Balaban J connectivity index is 0.000000374. The van der Waals surface area contributed by atoms with E-state index in [-0.39, 0.29) is 17.1 Å². The number of ether oxygens (including phenoxy) is 1. The van der Waals surface area contributed by atoms with Crippen molar-refractivity contribution in [3.05, 3.63) is 35.7 Å². The van der Waals surface area contributed by atoms with Gasteiger partial charge in [0.25, 0.3) is 0 Å². The fourth-order valence-electron chi connectivity index (χ4n) is 3.03. The average Bonchev–Trinajstić information content (AvgIpc) is 3.17. The van der Waals surface area contributed by atoms with E-state index in [1.54, 1.807) is 0 Å². The lowest BCUT2D eigenvalue weighted by Gasteiger charge is -2.17. The van der Waals surface area contributed by atoms with Crippen molar-refractivity contribution in [2.24, 2.45) is 0 Å². The van der Waals surface area contributed by atoms with Crippen LogP contribution in [0.4, 0.5) is 32.2 Å². The van der Waals surface area contributed by atoms with Crippen molar-refractivity contribution in [1.82, 2.24) is 24.9 Å². The number of aliphatic hydroxyl groups is 1. The second-order valence-electron chi connectivity index (χ2n) is 7.07. The van der Waals surface area contributed by atoms with Gasteiger partial charge in [0.05, 0.1) is 13.3 Å². The highest BCUT2D eigenvalue weighted by Gasteiger charge is 2.42. The molecule has 180 valence electrons. The zero-order valence-electron chi connectivity index (χ0n) is 17.2. The van der Waals surface area contributed by atoms with Gasteiger partial charge in [-0.2, -0.15) is 18.3 Å². The summed E-state index contributed by atoms with van der Waals surface area (Å²) in [6.45, 7) is 1.72. The number of nitrogens with zero attached hydrogens (tertiary/aromatic N) is 4. The number of hydrogen-bond acceptors (Lipinski definition) is 7. The average molecular weight is 478 g/mol. The number of nitrogens with one attached hydrogen (secondary N) is 1. The molecule has 0 spiro atoms. The van der Waals surface area contributed by atoms with Gasteiger partial charge in [-0.25, -0.2) is 27.7 Å². The normalized spacial score (nSPS) is 15.8. The molecule has 1 aliphatic rings. The Morgan fingerprint density at radius 2 is 1.88 bits per heavy atom. The smallest absolute Gasteiger partial charge is 0.420 e. The van der Waals surface area contributed by atoms with Crippen molar-refractivity contribution in [2.45, 2.75) is 31.3 Å². The van der Waals surface area contributed by atoms with E-state index >= 15 is 0 Å². The largest absolute Gasteiger partial charge is 0.495 e. The first-order valence-corrected chi connectivity index (χ1v) is 9.67. The van der Waals surface area contributed by atoms with Crippen LogP contribution >= 0.6 is 0 Å². The predicted octanol–water partition coefficient (Wildman–Crippen LogP) is 2.96. The maximum atomic E-state index is 14.0. The lowest BCUT2D eigenvalue weighted by Crippen LogP contribution is -2.28. The molecule has 14 heteroatoms. The number of nitrogen functional groups attached to an aromatic ring is 1. The Bertz CT molecular complexity index is 1120. The van der Waals surface area contributed by atoms with Crippen LogP contribution in [0.15, 0.2) is 18.3 Å². The van der Waals surface area contributed by atoms with Crippen molar-refractivity contribution in [1.29, 1.82) is 0 Å². The maximum Gasteiger partial charge on any atom is 0.420 e. The third-order valence-corrected chi connectivity index (χ3v) is 4.74. The second-order valence-corrected chi connectivity index (χ2v) is 7.07. The first-order chi connectivity index (χ1) is 15.5. The number of fused-ring (bicyclic) bond motifs is 1. The molecule has 4 N–H and O–H groups in total. The molecule has 3 aromatic heterocycles. The van der Waals surface area contributed by atoms with Crippen LogP contribution in [-0.4, -0.2) is 57.2 Å². The van der Waals surface area contributed by atoms with Crippen molar-refractivity contribution in [3.63, 3.8) is 0 Å². The standard InChI is InChI=1S/C14H10F5N5O2.C5H10FN/c1-26-8-3-9-21-4-7(10-5(15)2-6(16)13(20)22-10)24(9)23-11(8)12(25)14(17,18)19;6-5-1-3-7-4-2-5/h2-4,12,25H,1H3,(H2,20,22);5,7H,1-4H2. The molecule has 33 heavy (non-hydrogen) atoms. The molecule has 0 bridgehead atoms. The summed E-state index contributed by atoms with van der Waals surface area (Å²) < 4.78 is 83.7. The highest BCUT2D eigenvalue weighted by molar-refractivity contribution is 5.62. The second kappa shape index (κ2) is 9.79. The van der Waals surface area contributed by atoms with Crippen molar-refractivity contribution >= 4 is 11.5 Å². The SMILES string of the molecule is COc1cc2ncc(-c3nc(N)c(F)cc3F)n2nc1C(O)C(F)(F)F.FC1CCNCC1. The minimum atomic E-state index is -5.02. The summed E-state index contributed by atoms with van der Waals surface area (Å²) in [7, 11) is 1.09. The number of piperidine rings is 1. The van der Waals surface area contributed by atoms with Gasteiger partial charge in [-0.05, 0) is 25.9 Å². The summed E-state index contributed by atoms with van der Waals surface area (Å²) in [5, 5.41) is 16.2. The van der Waals surface area contributed by atoms with Crippen LogP contribution in [0.2, 0.25) is 0 Å². The first kappa shape index (κ1) is 24.5. The number of halogens is 6. The molecule has 0 saturated carbocycles. The third kappa shape index (κ3) is 5.45. The Kier molecular flexibility index (Phi) is 7.27. The molecule has 4 rings (SSSR count). The third-order valence-electron chi connectivity index (χ3n) is 4.74. The van der Waals surface area contributed by atoms with Gasteiger partial charge in [0.1, 0.15) is 29.0 Å². The van der Waals surface area contributed by atoms with Crippen LogP contribution in [0.1, 0.15) is 24.6 Å². The van der Waals surface area contributed by atoms with Crippen LogP contribution in [-0.2, 0) is 0 Å². The van der Waals surface area contributed by atoms with E-state index in [4.69, 9.17) is 10.5 Å². The lowest BCUT2D eigenvalue weighted by atomic mass is 10.1. The number of hydrogen-bond donors (Lipinski definition) is 3. The number of imidazole rings is 1. The minimum Gasteiger partial charge on any atom is -0.495 e. The van der Waals surface area contributed by atoms with E-state index in [0.717, 1.165) is 37.0 Å². The molecule has 0 amide bonds. The summed E-state index contributed by atoms with van der Waals surface area (Å²) in [4.78, 5) is 7.42. The summed E-state index contributed by atoms with van der Waals surface area (Å²) >= 11 is 0. The van der Waals surface area contributed by atoms with Gasteiger partial charge in [-0.1, -0.05) is 0 Å². The van der Waals surface area contributed by atoms with Gasteiger partial charge >= 0.3 is 6.18 Å². The lowest BCUT2D eigenvalue weighted by molar-refractivity contribution is -0.208. The molecular formula is C19H20F6N6O2. The molecule has 0 radical (unpaired) electrons. The zero-order valence-corrected chi connectivity index (χ0v) is 17.2. The summed E-state index contributed by atoms with van der Waals surface area (Å²) in [5.74, 6) is -3.19. The van der Waals surface area contributed by atoms with Crippen LogP contribution in [0.3, 0.4) is 0 Å². The van der Waals surface area contributed by atoms with Gasteiger partial charge in [-0.3, -0.25) is 0 Å². The van der Waals surface area contributed by atoms with Crippen LogP contribution in [0, 0.1) is 11.6 Å². The molecular weight excluding hydrogens is 458 g/mol. The maximum absolute atomic E-state index is 14.0. The molecule has 1 unspecified atom stereocenters. The molecule has 1 atom stereocenters. The highest BCUT2D eigenvalue weighted by atomic mass is 19.4. The van der Waals surface area contributed by atoms with Gasteiger partial charge in [-0.15, -0.1) is 0 Å². The quantitative estimate of drug-likeness (QED) is 0.497. The number of nitrogens with two attached hydrogens (primary N) is 1. The number of anilines is 1. The molecule has 1 fully saturated rings. The van der Waals surface area contributed by atoms with Gasteiger partial charge in [0.2, 0.25) is 0 Å². The van der Waals surface area contributed by atoms with E-state index in [0.29, 0.717) is 18.9 Å².